The van der Waals surface area contributed by atoms with Crippen molar-refractivity contribution in [3.63, 3.8) is 0 Å². The number of carbonyl (C=O) groups is 1. The summed E-state index contributed by atoms with van der Waals surface area (Å²) in [6.45, 7) is 0.247. The smallest absolute Gasteiger partial charge is 0.422 e. The lowest BCUT2D eigenvalue weighted by Gasteiger charge is -2.16. The molecule has 0 aliphatic heterocycles. The fourth-order valence-electron chi connectivity index (χ4n) is 2.44. The molecule has 0 spiro atoms. The first-order chi connectivity index (χ1) is 13.2. The Bertz CT molecular complexity index is 1010. The average molecular weight is 428 g/mol. The Labute approximate surface area is 167 Å². The zero-order valence-corrected chi connectivity index (χ0v) is 16.1. The van der Waals surface area contributed by atoms with Crippen LogP contribution in [0, 0.1) is 4.77 Å². The van der Waals surface area contributed by atoms with Gasteiger partial charge in [-0.25, -0.2) is 0 Å². The molecule has 2 N–H and O–H groups in total. The van der Waals surface area contributed by atoms with E-state index in [9.17, 15) is 18.0 Å². The van der Waals surface area contributed by atoms with Crippen LogP contribution in [-0.4, -0.2) is 33.5 Å². The summed E-state index contributed by atoms with van der Waals surface area (Å²) in [5.74, 6) is 0.134. The molecule has 0 radical (unpaired) electrons. The van der Waals surface area contributed by atoms with Gasteiger partial charge in [-0.3, -0.25) is 14.5 Å². The minimum Gasteiger partial charge on any atom is -0.484 e. The van der Waals surface area contributed by atoms with Crippen LogP contribution in [0.3, 0.4) is 0 Å². The minimum absolute atomic E-state index is 0.00183. The van der Waals surface area contributed by atoms with Crippen LogP contribution in [0.15, 0.2) is 41.8 Å². The molecule has 1 atom stereocenters. The fraction of sp³-hybridized carbons (Fsp3) is 0.235. The SMILES string of the molecule is CC(C(=O)Nc1cccc(OCC(F)(F)F)c1)n1c(-c2cccs2)n[nH]c1=S. The second-order valence-electron chi connectivity index (χ2n) is 5.80. The monoisotopic (exact) mass is 428 g/mol. The number of aromatic nitrogens is 3. The van der Waals surface area contributed by atoms with Crippen LogP contribution in [0.1, 0.15) is 13.0 Å². The van der Waals surface area contributed by atoms with Gasteiger partial charge < -0.3 is 10.1 Å². The predicted octanol–water partition coefficient (Wildman–Crippen LogP) is 4.81. The number of nitrogens with zero attached hydrogens (tertiary/aromatic N) is 2. The first-order valence-corrected chi connectivity index (χ1v) is 9.34. The Hall–Kier alpha value is -2.66. The van der Waals surface area contributed by atoms with Crippen LogP contribution in [0.25, 0.3) is 10.7 Å². The van der Waals surface area contributed by atoms with E-state index >= 15 is 0 Å². The molecule has 0 bridgehead atoms. The number of carbonyl (C=O) groups excluding carboxylic acids is 1. The van der Waals surface area contributed by atoms with Crippen LogP contribution >= 0.6 is 23.6 Å². The number of ether oxygens (including phenoxy) is 1. The van der Waals surface area contributed by atoms with Crippen LogP contribution in [0.2, 0.25) is 0 Å². The topological polar surface area (TPSA) is 71.9 Å². The van der Waals surface area contributed by atoms with Gasteiger partial charge in [0, 0.05) is 11.8 Å². The molecular weight excluding hydrogens is 413 g/mol. The van der Waals surface area contributed by atoms with Crippen LogP contribution in [-0.2, 0) is 4.79 Å². The highest BCUT2D eigenvalue weighted by Crippen LogP contribution is 2.27. The Balaban J connectivity index is 1.76. The second kappa shape index (κ2) is 8.15. The number of anilines is 1. The number of aromatic amines is 1. The molecule has 28 heavy (non-hydrogen) atoms. The maximum atomic E-state index is 12.7. The van der Waals surface area contributed by atoms with Crippen molar-refractivity contribution in [3.05, 3.63) is 46.5 Å². The van der Waals surface area contributed by atoms with Gasteiger partial charge in [-0.2, -0.15) is 18.3 Å². The lowest BCUT2D eigenvalue weighted by molar-refractivity contribution is -0.153. The van der Waals surface area contributed by atoms with Gasteiger partial charge in [-0.15, -0.1) is 11.3 Å². The van der Waals surface area contributed by atoms with E-state index < -0.39 is 24.7 Å². The summed E-state index contributed by atoms with van der Waals surface area (Å²) >= 11 is 6.70. The maximum absolute atomic E-state index is 12.7. The first-order valence-electron chi connectivity index (χ1n) is 8.06. The average Bonchev–Trinajstić information content (AvgIpc) is 3.28. The van der Waals surface area contributed by atoms with Gasteiger partial charge in [0.05, 0.1) is 4.88 Å². The number of hydrogen-bond acceptors (Lipinski definition) is 5. The molecule has 6 nitrogen and oxygen atoms in total. The zero-order valence-electron chi connectivity index (χ0n) is 14.5. The maximum Gasteiger partial charge on any atom is 0.422 e. The molecule has 148 valence electrons. The molecule has 1 unspecified atom stereocenters. The van der Waals surface area contributed by atoms with E-state index in [4.69, 9.17) is 17.0 Å². The third-order valence-corrected chi connectivity index (χ3v) is 4.87. The summed E-state index contributed by atoms with van der Waals surface area (Å²) in [6.07, 6.45) is -4.44. The van der Waals surface area contributed by atoms with E-state index in [0.717, 1.165) is 4.88 Å². The highest BCUT2D eigenvalue weighted by Gasteiger charge is 2.28. The molecular formula is C17H15F3N4O2S2. The Morgan fingerprint density at radius 1 is 1.39 bits per heavy atom. The molecule has 3 rings (SSSR count). The summed E-state index contributed by atoms with van der Waals surface area (Å²) in [5.41, 5.74) is 0.309. The Morgan fingerprint density at radius 2 is 2.18 bits per heavy atom. The van der Waals surface area contributed by atoms with Crippen molar-refractivity contribution in [2.75, 3.05) is 11.9 Å². The number of alkyl halides is 3. The molecule has 2 aromatic heterocycles. The van der Waals surface area contributed by atoms with Gasteiger partial charge in [-0.05, 0) is 42.7 Å². The number of halogens is 3. The number of hydrogen-bond donors (Lipinski definition) is 2. The van der Waals surface area contributed by atoms with Crippen molar-refractivity contribution in [3.8, 4) is 16.5 Å². The number of H-pyrrole nitrogens is 1. The van der Waals surface area contributed by atoms with E-state index in [2.05, 4.69) is 15.5 Å². The van der Waals surface area contributed by atoms with Crippen molar-refractivity contribution in [2.24, 2.45) is 0 Å². The van der Waals surface area contributed by atoms with Gasteiger partial charge in [0.1, 0.15) is 11.8 Å². The summed E-state index contributed by atoms with van der Waals surface area (Å²) in [5, 5.41) is 11.4. The lowest BCUT2D eigenvalue weighted by atomic mass is 10.2. The third-order valence-electron chi connectivity index (χ3n) is 3.72. The van der Waals surface area contributed by atoms with Crippen molar-refractivity contribution >= 4 is 35.1 Å². The minimum atomic E-state index is -4.44. The summed E-state index contributed by atoms with van der Waals surface area (Å²) in [7, 11) is 0. The van der Waals surface area contributed by atoms with Gasteiger partial charge in [-0.1, -0.05) is 12.1 Å². The quantitative estimate of drug-likeness (QED) is 0.553. The fourth-order valence-corrected chi connectivity index (χ4v) is 3.44. The van der Waals surface area contributed by atoms with Gasteiger partial charge >= 0.3 is 6.18 Å². The molecule has 2 heterocycles. The van der Waals surface area contributed by atoms with Crippen molar-refractivity contribution in [2.45, 2.75) is 19.1 Å². The number of benzene rings is 1. The first kappa shape index (κ1) is 20.1. The largest absolute Gasteiger partial charge is 0.484 e. The number of amides is 1. The van der Waals surface area contributed by atoms with Crippen LogP contribution < -0.4 is 10.1 Å². The molecule has 1 aromatic carbocycles. The zero-order chi connectivity index (χ0) is 20.3. The molecule has 3 aromatic rings. The molecule has 0 aliphatic rings. The van der Waals surface area contributed by atoms with Crippen LogP contribution in [0.5, 0.6) is 5.75 Å². The molecule has 0 aliphatic carbocycles. The Morgan fingerprint density at radius 3 is 2.86 bits per heavy atom. The normalized spacial score (nSPS) is 12.6. The molecule has 0 saturated heterocycles. The molecule has 0 saturated carbocycles. The van der Waals surface area contributed by atoms with E-state index in [1.165, 1.54) is 29.5 Å². The number of thiophene rings is 1. The highest BCUT2D eigenvalue weighted by atomic mass is 32.1. The van der Waals surface area contributed by atoms with E-state index in [1.807, 2.05) is 17.5 Å². The standard InChI is InChI=1S/C17H15F3N4O2S2/c1-10(24-14(22-23-16(24)27)13-6-3-7-28-13)15(25)21-11-4-2-5-12(8-11)26-9-17(18,19)20/h2-8,10H,9H2,1H3,(H,21,25)(H,23,27). The third kappa shape index (κ3) is 4.78. The van der Waals surface area contributed by atoms with Crippen molar-refractivity contribution in [1.82, 2.24) is 14.8 Å². The molecule has 1 amide bonds. The van der Waals surface area contributed by atoms with Crippen molar-refractivity contribution in [1.29, 1.82) is 0 Å². The lowest BCUT2D eigenvalue weighted by Crippen LogP contribution is -2.24. The highest BCUT2D eigenvalue weighted by molar-refractivity contribution is 7.71. The van der Waals surface area contributed by atoms with E-state index in [0.29, 0.717) is 11.5 Å². The van der Waals surface area contributed by atoms with E-state index in [1.54, 1.807) is 17.6 Å². The van der Waals surface area contributed by atoms with Crippen molar-refractivity contribution < 1.29 is 22.7 Å². The molecule has 0 fully saturated rings. The molecule has 11 heteroatoms. The summed E-state index contributed by atoms with van der Waals surface area (Å²) < 4.78 is 43.4. The van der Waals surface area contributed by atoms with E-state index in [-0.39, 0.29) is 10.5 Å². The number of rotatable bonds is 6. The summed E-state index contributed by atoms with van der Waals surface area (Å²) in [4.78, 5) is 13.5. The summed E-state index contributed by atoms with van der Waals surface area (Å²) in [6, 6.07) is 8.77. The number of nitrogens with one attached hydrogen (secondary N) is 2. The Kier molecular flexibility index (Phi) is 5.84. The van der Waals surface area contributed by atoms with Gasteiger partial charge in [0.15, 0.2) is 17.2 Å². The van der Waals surface area contributed by atoms with Crippen LogP contribution in [0.4, 0.5) is 18.9 Å². The predicted molar refractivity (Wildman–Crippen MR) is 102 cm³/mol. The second-order valence-corrected chi connectivity index (χ2v) is 7.13. The van der Waals surface area contributed by atoms with Gasteiger partial charge in [0.25, 0.3) is 0 Å². The van der Waals surface area contributed by atoms with Gasteiger partial charge in [0.2, 0.25) is 5.91 Å².